The maximum Gasteiger partial charge on any atom is 0.416 e. The van der Waals surface area contributed by atoms with Crippen LogP contribution in [0.2, 0.25) is 0 Å². The van der Waals surface area contributed by atoms with Crippen LogP contribution in [0.5, 0.6) is 0 Å². The van der Waals surface area contributed by atoms with Crippen molar-refractivity contribution >= 4 is 15.9 Å². The van der Waals surface area contributed by atoms with E-state index in [0.29, 0.717) is 31.4 Å². The monoisotopic (exact) mass is 405 g/mol. The molecule has 2 rings (SSSR count). The van der Waals surface area contributed by atoms with Crippen LogP contribution in [0.1, 0.15) is 36.8 Å². The third-order valence-electron chi connectivity index (χ3n) is 3.97. The van der Waals surface area contributed by atoms with Crippen molar-refractivity contribution in [2.45, 2.75) is 50.1 Å². The van der Waals surface area contributed by atoms with E-state index in [2.05, 4.69) is 4.72 Å². The predicted octanol–water partition coefficient (Wildman–Crippen LogP) is 3.24. The van der Waals surface area contributed by atoms with Gasteiger partial charge in [-0.25, -0.2) is 0 Å². The number of hydrogen-bond acceptors (Lipinski definition) is 3. The molecule has 148 valence electrons. The molecule has 0 amide bonds. The Morgan fingerprint density at radius 2 is 1.42 bits per heavy atom. The Morgan fingerprint density at radius 3 is 1.88 bits per heavy atom. The quantitative estimate of drug-likeness (QED) is 0.673. The van der Waals surface area contributed by atoms with Gasteiger partial charge in [-0.05, 0) is 31.0 Å². The first-order chi connectivity index (χ1) is 11.8. The number of anilines is 1. The van der Waals surface area contributed by atoms with Crippen LogP contribution in [0.4, 0.5) is 32.0 Å². The lowest BCUT2D eigenvalue weighted by Crippen LogP contribution is -2.50. The second-order valence-corrected chi connectivity index (χ2v) is 7.52. The summed E-state index contributed by atoms with van der Waals surface area (Å²) in [6.45, 7) is 0. The van der Waals surface area contributed by atoms with Crippen molar-refractivity contribution in [3.63, 3.8) is 0 Å². The van der Waals surface area contributed by atoms with Crippen molar-refractivity contribution < 1.29 is 34.8 Å². The summed E-state index contributed by atoms with van der Waals surface area (Å²) >= 11 is 0. The van der Waals surface area contributed by atoms with Crippen LogP contribution in [-0.4, -0.2) is 20.5 Å². The molecule has 0 bridgehead atoms. The first-order valence-corrected chi connectivity index (χ1v) is 9.11. The average molecular weight is 405 g/mol. The number of hydrogen-bond donors (Lipinski definition) is 3. The summed E-state index contributed by atoms with van der Waals surface area (Å²) in [5, 5.41) is 0. The van der Waals surface area contributed by atoms with Gasteiger partial charge in [0.15, 0.2) is 0 Å². The van der Waals surface area contributed by atoms with E-state index in [1.54, 1.807) is 4.72 Å². The number of nitrogens with one attached hydrogen (secondary N) is 2. The summed E-state index contributed by atoms with van der Waals surface area (Å²) in [6, 6.07) is -0.603. The van der Waals surface area contributed by atoms with Gasteiger partial charge in [-0.3, -0.25) is 4.72 Å². The number of benzene rings is 1. The highest BCUT2D eigenvalue weighted by atomic mass is 32.2. The average Bonchev–Trinajstić information content (AvgIpc) is 2.47. The number of nitrogens with two attached hydrogens (primary N) is 1. The predicted molar refractivity (Wildman–Crippen MR) is 82.4 cm³/mol. The number of alkyl halides is 6. The van der Waals surface area contributed by atoms with Crippen LogP contribution < -0.4 is 15.2 Å². The Bertz CT molecular complexity index is 716. The van der Waals surface area contributed by atoms with Gasteiger partial charge in [0.05, 0.1) is 16.8 Å². The Hall–Kier alpha value is -1.53. The summed E-state index contributed by atoms with van der Waals surface area (Å²) < 4.78 is 105. The molecular weight excluding hydrogens is 388 g/mol. The second kappa shape index (κ2) is 7.24. The SMILES string of the molecule is N[C@@H]1CCCC[C@H]1NS(=O)(=O)Nc1cc(C(F)(F)F)cc(C(F)(F)F)c1. The molecule has 0 saturated heterocycles. The largest absolute Gasteiger partial charge is 0.416 e. The molecule has 1 aromatic carbocycles. The highest BCUT2D eigenvalue weighted by Crippen LogP contribution is 2.37. The Balaban J connectivity index is 2.29. The molecule has 1 aromatic rings. The number of halogens is 6. The summed E-state index contributed by atoms with van der Waals surface area (Å²) in [6.07, 6.45) is -7.62. The lowest BCUT2D eigenvalue weighted by Gasteiger charge is -2.29. The molecule has 2 atom stereocenters. The first kappa shape index (κ1) is 20.8. The standard InChI is InChI=1S/C14H17F6N3O2S/c15-13(16,17)8-5-9(14(18,19)20)7-10(6-8)22-26(24,25)23-12-4-2-1-3-11(12)21/h5-7,11-12,22-23H,1-4,21H2/t11-,12-/m1/s1. The molecule has 1 aliphatic carbocycles. The molecule has 0 radical (unpaired) electrons. The smallest absolute Gasteiger partial charge is 0.326 e. The van der Waals surface area contributed by atoms with Gasteiger partial charge in [-0.15, -0.1) is 0 Å². The van der Waals surface area contributed by atoms with Gasteiger partial charge >= 0.3 is 12.4 Å². The zero-order chi connectivity index (χ0) is 19.8. The fourth-order valence-electron chi connectivity index (χ4n) is 2.70. The number of rotatable bonds is 4. The van der Waals surface area contributed by atoms with Crippen molar-refractivity contribution in [1.29, 1.82) is 0 Å². The molecule has 0 spiro atoms. The van der Waals surface area contributed by atoms with Gasteiger partial charge in [0.2, 0.25) is 0 Å². The third-order valence-corrected chi connectivity index (χ3v) is 5.08. The summed E-state index contributed by atoms with van der Waals surface area (Å²) in [4.78, 5) is 0. The Morgan fingerprint density at radius 1 is 0.923 bits per heavy atom. The zero-order valence-electron chi connectivity index (χ0n) is 13.3. The van der Waals surface area contributed by atoms with Gasteiger partial charge in [0.1, 0.15) is 0 Å². The molecule has 4 N–H and O–H groups in total. The summed E-state index contributed by atoms with van der Waals surface area (Å²) in [7, 11) is -4.41. The van der Waals surface area contributed by atoms with Crippen LogP contribution in [0.25, 0.3) is 0 Å². The van der Waals surface area contributed by atoms with E-state index >= 15 is 0 Å². The second-order valence-electron chi connectivity index (χ2n) is 6.07. The van der Waals surface area contributed by atoms with E-state index in [1.165, 1.54) is 0 Å². The van der Waals surface area contributed by atoms with Crippen LogP contribution >= 0.6 is 0 Å². The molecule has 12 heteroatoms. The van der Waals surface area contributed by atoms with Crippen molar-refractivity contribution in [2.75, 3.05) is 4.72 Å². The maximum atomic E-state index is 12.8. The van der Waals surface area contributed by atoms with Crippen LogP contribution in [0.15, 0.2) is 18.2 Å². The minimum Gasteiger partial charge on any atom is -0.326 e. The van der Waals surface area contributed by atoms with E-state index in [0.717, 1.165) is 6.42 Å². The van der Waals surface area contributed by atoms with Crippen LogP contribution in [-0.2, 0) is 22.6 Å². The molecule has 26 heavy (non-hydrogen) atoms. The van der Waals surface area contributed by atoms with Gasteiger partial charge in [0.25, 0.3) is 10.2 Å². The van der Waals surface area contributed by atoms with Crippen molar-refractivity contribution in [1.82, 2.24) is 4.72 Å². The molecular formula is C14H17F6N3O2S. The normalized spacial score (nSPS) is 22.3. The summed E-state index contributed by atoms with van der Waals surface area (Å²) in [5.41, 5.74) is 1.72. The Kier molecular flexibility index (Phi) is 5.78. The van der Waals surface area contributed by atoms with E-state index in [-0.39, 0.29) is 6.07 Å². The van der Waals surface area contributed by atoms with Crippen molar-refractivity contribution in [3.05, 3.63) is 29.3 Å². The van der Waals surface area contributed by atoms with E-state index in [1.807, 2.05) is 0 Å². The Labute approximate surface area is 146 Å². The van der Waals surface area contributed by atoms with Gasteiger partial charge in [-0.2, -0.15) is 39.5 Å². The lowest BCUT2D eigenvalue weighted by molar-refractivity contribution is -0.143. The minimum absolute atomic E-state index is 0.0811. The molecule has 0 aromatic heterocycles. The molecule has 0 unspecified atom stereocenters. The molecule has 1 saturated carbocycles. The third kappa shape index (κ3) is 5.48. The fourth-order valence-corrected chi connectivity index (χ4v) is 3.88. The highest BCUT2D eigenvalue weighted by Gasteiger charge is 2.37. The molecule has 0 heterocycles. The van der Waals surface area contributed by atoms with E-state index < -0.39 is 51.5 Å². The summed E-state index contributed by atoms with van der Waals surface area (Å²) in [5.74, 6) is 0. The van der Waals surface area contributed by atoms with Crippen molar-refractivity contribution in [3.8, 4) is 0 Å². The molecule has 1 aliphatic rings. The molecule has 5 nitrogen and oxygen atoms in total. The van der Waals surface area contributed by atoms with Crippen LogP contribution in [0, 0.1) is 0 Å². The fraction of sp³-hybridized carbons (Fsp3) is 0.571. The maximum absolute atomic E-state index is 12.8. The van der Waals surface area contributed by atoms with Crippen molar-refractivity contribution in [2.24, 2.45) is 5.73 Å². The molecule has 1 fully saturated rings. The van der Waals surface area contributed by atoms with Gasteiger partial charge < -0.3 is 5.73 Å². The lowest BCUT2D eigenvalue weighted by atomic mass is 9.92. The van der Waals surface area contributed by atoms with Gasteiger partial charge in [-0.1, -0.05) is 12.8 Å². The zero-order valence-corrected chi connectivity index (χ0v) is 14.1. The topological polar surface area (TPSA) is 84.2 Å². The van der Waals surface area contributed by atoms with Gasteiger partial charge in [0, 0.05) is 12.1 Å². The first-order valence-electron chi connectivity index (χ1n) is 7.63. The highest BCUT2D eigenvalue weighted by molar-refractivity contribution is 7.90. The minimum atomic E-state index is -5.07. The van der Waals surface area contributed by atoms with E-state index in [4.69, 9.17) is 5.73 Å². The molecule has 0 aliphatic heterocycles. The van der Waals surface area contributed by atoms with Crippen LogP contribution in [0.3, 0.4) is 0 Å². The van der Waals surface area contributed by atoms with E-state index in [9.17, 15) is 34.8 Å².